The zero-order valence-electron chi connectivity index (χ0n) is 9.53. The molecule has 0 aromatic carbocycles. The van der Waals surface area contributed by atoms with E-state index >= 15 is 0 Å². The maximum Gasteiger partial charge on any atom is 0.303 e. The molecule has 5 heteroatoms. The van der Waals surface area contributed by atoms with Crippen molar-refractivity contribution in [2.45, 2.75) is 39.2 Å². The van der Waals surface area contributed by atoms with Crippen molar-refractivity contribution < 1.29 is 9.90 Å². The Labute approximate surface area is 99.7 Å². The third-order valence-corrected chi connectivity index (χ3v) is 3.07. The highest BCUT2D eigenvalue weighted by atomic mass is 32.1. The van der Waals surface area contributed by atoms with E-state index in [1.54, 1.807) is 11.3 Å². The molecule has 4 nitrogen and oxygen atoms in total. The number of hydrogen-bond donors (Lipinski definition) is 2. The van der Waals surface area contributed by atoms with Gasteiger partial charge < -0.3 is 10.4 Å². The lowest BCUT2D eigenvalue weighted by Gasteiger charge is -2.00. The summed E-state index contributed by atoms with van der Waals surface area (Å²) in [5, 5.41) is 14.9. The van der Waals surface area contributed by atoms with Gasteiger partial charge in [0.1, 0.15) is 0 Å². The van der Waals surface area contributed by atoms with Gasteiger partial charge in [0.15, 0.2) is 0 Å². The van der Waals surface area contributed by atoms with Crippen LogP contribution in [-0.4, -0.2) is 22.6 Å². The Balaban J connectivity index is 2.14. The van der Waals surface area contributed by atoms with Crippen LogP contribution in [-0.2, 0) is 17.8 Å². The van der Waals surface area contributed by atoms with Crippen LogP contribution in [0.5, 0.6) is 0 Å². The van der Waals surface area contributed by atoms with E-state index < -0.39 is 5.97 Å². The van der Waals surface area contributed by atoms with E-state index in [4.69, 9.17) is 5.11 Å². The summed E-state index contributed by atoms with van der Waals surface area (Å²) in [6.45, 7) is 3.61. The number of thiazole rings is 1. The summed E-state index contributed by atoms with van der Waals surface area (Å²) in [5.74, 6) is -0.735. The van der Waals surface area contributed by atoms with E-state index in [2.05, 4.69) is 22.6 Å². The molecule has 2 N–H and O–H groups in total. The molecule has 0 amide bonds. The second-order valence-electron chi connectivity index (χ2n) is 3.66. The summed E-state index contributed by atoms with van der Waals surface area (Å²) in [6, 6.07) is 0. The van der Waals surface area contributed by atoms with Crippen LogP contribution < -0.4 is 5.32 Å². The summed E-state index contributed by atoms with van der Waals surface area (Å²) in [5.41, 5.74) is 1.06. The number of aryl methyl sites for hydroxylation is 1. The fourth-order valence-corrected chi connectivity index (χ4v) is 2.24. The molecule has 90 valence electrons. The van der Waals surface area contributed by atoms with Crippen molar-refractivity contribution in [3.63, 3.8) is 0 Å². The minimum Gasteiger partial charge on any atom is -0.481 e. The Morgan fingerprint density at radius 2 is 2.44 bits per heavy atom. The fraction of sp³-hybridized carbons (Fsp3) is 0.636. The second-order valence-corrected chi connectivity index (χ2v) is 4.60. The number of aliphatic carboxylic acids is 1. The Morgan fingerprint density at radius 1 is 1.62 bits per heavy atom. The topological polar surface area (TPSA) is 62.2 Å². The monoisotopic (exact) mass is 242 g/mol. The quantitative estimate of drug-likeness (QED) is 0.685. The first kappa shape index (κ1) is 13.1. The minimum absolute atomic E-state index is 0.227. The Morgan fingerprint density at radius 3 is 3.12 bits per heavy atom. The van der Waals surface area contributed by atoms with E-state index in [1.165, 1.54) is 5.01 Å². The SMILES string of the molecule is CCCc1nc(CNCCCC(=O)O)cs1. The molecule has 0 saturated heterocycles. The molecule has 0 aliphatic carbocycles. The van der Waals surface area contributed by atoms with Crippen LogP contribution in [0.3, 0.4) is 0 Å². The summed E-state index contributed by atoms with van der Waals surface area (Å²) in [4.78, 5) is 14.7. The molecular weight excluding hydrogens is 224 g/mol. The van der Waals surface area contributed by atoms with Crippen molar-refractivity contribution in [1.82, 2.24) is 10.3 Å². The number of rotatable bonds is 8. The molecule has 1 rings (SSSR count). The van der Waals surface area contributed by atoms with Gasteiger partial charge in [-0.1, -0.05) is 6.92 Å². The highest BCUT2D eigenvalue weighted by Gasteiger charge is 2.01. The van der Waals surface area contributed by atoms with Crippen molar-refractivity contribution in [1.29, 1.82) is 0 Å². The molecule has 0 aliphatic heterocycles. The number of aromatic nitrogens is 1. The van der Waals surface area contributed by atoms with Gasteiger partial charge in [-0.15, -0.1) is 11.3 Å². The van der Waals surface area contributed by atoms with Gasteiger partial charge in [-0.25, -0.2) is 4.98 Å². The van der Waals surface area contributed by atoms with Crippen LogP contribution in [0.4, 0.5) is 0 Å². The van der Waals surface area contributed by atoms with Gasteiger partial charge in [0.05, 0.1) is 10.7 Å². The lowest BCUT2D eigenvalue weighted by atomic mass is 10.3. The van der Waals surface area contributed by atoms with Crippen LogP contribution in [0.2, 0.25) is 0 Å². The number of nitrogens with zero attached hydrogens (tertiary/aromatic N) is 1. The van der Waals surface area contributed by atoms with Crippen LogP contribution >= 0.6 is 11.3 Å². The van der Waals surface area contributed by atoms with E-state index in [0.717, 1.165) is 31.6 Å². The number of carboxylic acid groups (broad SMARTS) is 1. The summed E-state index contributed by atoms with van der Waals surface area (Å²) in [7, 11) is 0. The second kappa shape index (κ2) is 7.35. The first-order valence-electron chi connectivity index (χ1n) is 5.58. The first-order chi connectivity index (χ1) is 7.72. The average Bonchev–Trinajstić information content (AvgIpc) is 2.65. The van der Waals surface area contributed by atoms with Gasteiger partial charge in [-0.05, 0) is 25.8 Å². The van der Waals surface area contributed by atoms with E-state index in [9.17, 15) is 4.79 Å². The van der Waals surface area contributed by atoms with E-state index in [0.29, 0.717) is 6.42 Å². The van der Waals surface area contributed by atoms with Crippen LogP contribution in [0.25, 0.3) is 0 Å². The molecule has 1 heterocycles. The number of carboxylic acids is 1. The molecule has 0 fully saturated rings. The van der Waals surface area contributed by atoms with Gasteiger partial charge in [0.25, 0.3) is 0 Å². The maximum atomic E-state index is 10.3. The lowest BCUT2D eigenvalue weighted by Crippen LogP contribution is -2.16. The maximum absolute atomic E-state index is 10.3. The zero-order chi connectivity index (χ0) is 11.8. The molecule has 1 aromatic heterocycles. The molecular formula is C11H18N2O2S. The number of carbonyl (C=O) groups is 1. The van der Waals surface area contributed by atoms with Crippen molar-refractivity contribution in [3.8, 4) is 0 Å². The molecule has 0 bridgehead atoms. The van der Waals surface area contributed by atoms with Crippen LogP contribution in [0.1, 0.15) is 36.9 Å². The van der Waals surface area contributed by atoms with E-state index in [-0.39, 0.29) is 6.42 Å². The third-order valence-electron chi connectivity index (χ3n) is 2.11. The van der Waals surface area contributed by atoms with Gasteiger partial charge in [-0.3, -0.25) is 4.79 Å². The number of hydrogen-bond acceptors (Lipinski definition) is 4. The highest BCUT2D eigenvalue weighted by molar-refractivity contribution is 7.09. The number of nitrogens with one attached hydrogen (secondary N) is 1. The van der Waals surface area contributed by atoms with Gasteiger partial charge >= 0.3 is 5.97 Å². The lowest BCUT2D eigenvalue weighted by molar-refractivity contribution is -0.137. The highest BCUT2D eigenvalue weighted by Crippen LogP contribution is 2.11. The Hall–Kier alpha value is -0.940. The largest absolute Gasteiger partial charge is 0.481 e. The van der Waals surface area contributed by atoms with Crippen molar-refractivity contribution >= 4 is 17.3 Å². The third kappa shape index (κ3) is 5.23. The van der Waals surface area contributed by atoms with Crippen LogP contribution in [0.15, 0.2) is 5.38 Å². The first-order valence-corrected chi connectivity index (χ1v) is 6.46. The average molecular weight is 242 g/mol. The predicted octanol–water partition coefficient (Wildman–Crippen LogP) is 2.05. The van der Waals surface area contributed by atoms with E-state index in [1.807, 2.05) is 0 Å². The molecule has 0 aliphatic rings. The van der Waals surface area contributed by atoms with Crippen molar-refractivity contribution in [3.05, 3.63) is 16.1 Å². The van der Waals surface area contributed by atoms with Gasteiger partial charge in [-0.2, -0.15) is 0 Å². The molecule has 0 spiro atoms. The summed E-state index contributed by atoms with van der Waals surface area (Å²) >= 11 is 1.70. The zero-order valence-corrected chi connectivity index (χ0v) is 10.3. The van der Waals surface area contributed by atoms with Crippen LogP contribution in [0, 0.1) is 0 Å². The smallest absolute Gasteiger partial charge is 0.303 e. The van der Waals surface area contributed by atoms with Gasteiger partial charge in [0.2, 0.25) is 0 Å². The standard InChI is InChI=1S/C11H18N2O2S/c1-2-4-10-13-9(8-16-10)7-12-6-3-5-11(14)15/h8,12H,2-7H2,1H3,(H,14,15). The molecule has 0 radical (unpaired) electrons. The Kier molecular flexibility index (Phi) is 6.03. The Bertz CT molecular complexity index is 326. The fourth-order valence-electron chi connectivity index (χ4n) is 1.34. The summed E-state index contributed by atoms with van der Waals surface area (Å²) in [6.07, 6.45) is 3.06. The van der Waals surface area contributed by atoms with Gasteiger partial charge in [0, 0.05) is 18.3 Å². The minimum atomic E-state index is -0.735. The predicted molar refractivity (Wildman–Crippen MR) is 64.7 cm³/mol. The molecule has 0 unspecified atom stereocenters. The molecule has 0 atom stereocenters. The molecule has 16 heavy (non-hydrogen) atoms. The summed E-state index contributed by atoms with van der Waals surface area (Å²) < 4.78 is 0. The molecule has 0 saturated carbocycles. The normalized spacial score (nSPS) is 10.6. The molecule has 1 aromatic rings. The van der Waals surface area contributed by atoms with Crippen molar-refractivity contribution in [2.24, 2.45) is 0 Å². The van der Waals surface area contributed by atoms with Crippen molar-refractivity contribution in [2.75, 3.05) is 6.54 Å².